The van der Waals surface area contributed by atoms with Gasteiger partial charge in [0.1, 0.15) is 5.15 Å². The van der Waals surface area contributed by atoms with Gasteiger partial charge in [-0.1, -0.05) is 31.9 Å². The first-order valence-electron chi connectivity index (χ1n) is 6.63. The Kier molecular flexibility index (Phi) is 6.80. The van der Waals surface area contributed by atoms with E-state index in [4.69, 9.17) is 11.6 Å². The molecule has 1 atom stereocenters. The molecule has 0 bridgehead atoms. The van der Waals surface area contributed by atoms with Gasteiger partial charge in [0.05, 0.1) is 5.56 Å². The van der Waals surface area contributed by atoms with Crippen LogP contribution < -0.4 is 0 Å². The van der Waals surface area contributed by atoms with Crippen molar-refractivity contribution in [2.45, 2.75) is 46.1 Å². The Balaban J connectivity index is 3.00. The van der Waals surface area contributed by atoms with E-state index >= 15 is 0 Å². The van der Waals surface area contributed by atoms with Crippen LogP contribution in [0.3, 0.4) is 0 Å². The van der Waals surface area contributed by atoms with E-state index in [2.05, 4.69) is 41.7 Å². The van der Waals surface area contributed by atoms with Crippen molar-refractivity contribution in [3.8, 4) is 0 Å². The lowest BCUT2D eigenvalue weighted by atomic mass is 10.1. The molecule has 0 aliphatic carbocycles. The first-order chi connectivity index (χ1) is 9.01. The second kappa shape index (κ2) is 7.85. The topological polar surface area (TPSA) is 33.2 Å². The summed E-state index contributed by atoms with van der Waals surface area (Å²) in [6.45, 7) is 7.02. The van der Waals surface area contributed by atoms with E-state index in [1.807, 2.05) is 4.90 Å². The molecule has 1 rings (SSSR count). The number of hydrogen-bond donors (Lipinski definition) is 0. The van der Waals surface area contributed by atoms with E-state index in [-0.39, 0.29) is 17.1 Å². The molecule has 1 unspecified atom stereocenters. The van der Waals surface area contributed by atoms with Gasteiger partial charge in [0.2, 0.25) is 0 Å². The van der Waals surface area contributed by atoms with Gasteiger partial charge < -0.3 is 4.90 Å². The second-order valence-electron chi connectivity index (χ2n) is 4.60. The SMILES string of the molecule is CCCCN(C(=O)c1cc(Br)cnc1Cl)C(C)CC. The number of unbranched alkanes of at least 4 members (excludes halogenated alkanes) is 1. The fourth-order valence-corrected chi connectivity index (χ4v) is 2.31. The molecule has 0 saturated heterocycles. The molecular formula is C14H20BrClN2O. The fourth-order valence-electron chi connectivity index (χ4n) is 1.80. The van der Waals surface area contributed by atoms with Crippen LogP contribution in [0.4, 0.5) is 0 Å². The lowest BCUT2D eigenvalue weighted by Gasteiger charge is -2.29. The molecule has 0 radical (unpaired) electrons. The van der Waals surface area contributed by atoms with Crippen LogP contribution in [0, 0.1) is 0 Å². The first-order valence-corrected chi connectivity index (χ1v) is 7.80. The zero-order chi connectivity index (χ0) is 14.4. The van der Waals surface area contributed by atoms with Crippen LogP contribution >= 0.6 is 27.5 Å². The normalized spacial score (nSPS) is 12.3. The summed E-state index contributed by atoms with van der Waals surface area (Å²) in [6, 6.07) is 1.94. The number of hydrogen-bond acceptors (Lipinski definition) is 2. The van der Waals surface area contributed by atoms with Crippen molar-refractivity contribution in [3.05, 3.63) is 27.5 Å². The van der Waals surface area contributed by atoms with Gasteiger partial charge >= 0.3 is 0 Å². The van der Waals surface area contributed by atoms with Crippen molar-refractivity contribution in [3.63, 3.8) is 0 Å². The summed E-state index contributed by atoms with van der Waals surface area (Å²) in [5.74, 6) is -0.0402. The van der Waals surface area contributed by atoms with Crippen molar-refractivity contribution in [1.82, 2.24) is 9.88 Å². The summed E-state index contributed by atoms with van der Waals surface area (Å²) in [5.41, 5.74) is 0.465. The summed E-state index contributed by atoms with van der Waals surface area (Å²) < 4.78 is 0.764. The number of carbonyl (C=O) groups is 1. The lowest BCUT2D eigenvalue weighted by Crippen LogP contribution is -2.39. The van der Waals surface area contributed by atoms with E-state index in [0.29, 0.717) is 5.56 Å². The molecule has 0 N–H and O–H groups in total. The molecule has 0 aliphatic heterocycles. The predicted octanol–water partition coefficient (Wildman–Crippen LogP) is 4.54. The second-order valence-corrected chi connectivity index (χ2v) is 5.87. The zero-order valence-electron chi connectivity index (χ0n) is 11.6. The molecule has 19 heavy (non-hydrogen) atoms. The maximum Gasteiger partial charge on any atom is 0.257 e. The highest BCUT2D eigenvalue weighted by Gasteiger charge is 2.22. The monoisotopic (exact) mass is 346 g/mol. The summed E-state index contributed by atoms with van der Waals surface area (Å²) in [6.07, 6.45) is 4.58. The Morgan fingerprint density at radius 2 is 2.21 bits per heavy atom. The first kappa shape index (κ1) is 16.4. The Morgan fingerprint density at radius 3 is 2.79 bits per heavy atom. The number of aromatic nitrogens is 1. The Bertz CT molecular complexity index is 439. The van der Waals surface area contributed by atoms with Gasteiger partial charge in [-0.15, -0.1) is 0 Å². The van der Waals surface area contributed by atoms with E-state index in [1.54, 1.807) is 12.3 Å². The molecule has 106 valence electrons. The molecule has 5 heteroatoms. The minimum absolute atomic E-state index is 0.0402. The van der Waals surface area contributed by atoms with Crippen LogP contribution in [0.2, 0.25) is 5.15 Å². The van der Waals surface area contributed by atoms with E-state index in [0.717, 1.165) is 30.3 Å². The molecule has 0 spiro atoms. The summed E-state index contributed by atoms with van der Waals surface area (Å²) in [7, 11) is 0. The van der Waals surface area contributed by atoms with Crippen LogP contribution in [-0.4, -0.2) is 28.4 Å². The summed E-state index contributed by atoms with van der Waals surface area (Å²) >= 11 is 9.37. The van der Waals surface area contributed by atoms with Crippen LogP contribution in [0.5, 0.6) is 0 Å². The third-order valence-electron chi connectivity index (χ3n) is 3.17. The highest BCUT2D eigenvalue weighted by molar-refractivity contribution is 9.10. The molecule has 0 aliphatic rings. The van der Waals surface area contributed by atoms with Gasteiger partial charge in [0.25, 0.3) is 5.91 Å². The van der Waals surface area contributed by atoms with Crippen LogP contribution in [0.15, 0.2) is 16.7 Å². The van der Waals surface area contributed by atoms with Crippen molar-refractivity contribution < 1.29 is 4.79 Å². The number of rotatable bonds is 6. The molecule has 1 aromatic heterocycles. The Labute approximate surface area is 128 Å². The Morgan fingerprint density at radius 1 is 1.53 bits per heavy atom. The highest BCUT2D eigenvalue weighted by Crippen LogP contribution is 2.21. The maximum absolute atomic E-state index is 12.6. The zero-order valence-corrected chi connectivity index (χ0v) is 14.0. The van der Waals surface area contributed by atoms with Crippen molar-refractivity contribution >= 4 is 33.4 Å². The standard InChI is InChI=1S/C14H20BrClN2O/c1-4-6-7-18(10(3)5-2)14(19)12-8-11(15)9-17-13(12)16/h8-10H,4-7H2,1-3H3. The minimum atomic E-state index is -0.0402. The van der Waals surface area contributed by atoms with Crippen LogP contribution in [0.1, 0.15) is 50.4 Å². The molecule has 0 aromatic carbocycles. The molecule has 1 aromatic rings. The number of carbonyl (C=O) groups excluding carboxylic acids is 1. The average Bonchev–Trinajstić information content (AvgIpc) is 2.41. The molecule has 1 amide bonds. The number of amides is 1. The van der Waals surface area contributed by atoms with Crippen molar-refractivity contribution in [1.29, 1.82) is 0 Å². The van der Waals surface area contributed by atoms with Gasteiger partial charge in [0.15, 0.2) is 0 Å². The van der Waals surface area contributed by atoms with E-state index < -0.39 is 0 Å². The van der Waals surface area contributed by atoms with Crippen LogP contribution in [-0.2, 0) is 0 Å². The van der Waals surface area contributed by atoms with Gasteiger partial charge in [-0.3, -0.25) is 4.79 Å². The molecule has 0 fully saturated rings. The summed E-state index contributed by atoms with van der Waals surface area (Å²) in [5, 5.41) is 0.262. The van der Waals surface area contributed by atoms with Crippen molar-refractivity contribution in [2.75, 3.05) is 6.54 Å². The summed E-state index contributed by atoms with van der Waals surface area (Å²) in [4.78, 5) is 18.5. The molecule has 0 saturated carbocycles. The number of halogens is 2. The molecule has 3 nitrogen and oxygen atoms in total. The largest absolute Gasteiger partial charge is 0.336 e. The Hall–Kier alpha value is -0.610. The van der Waals surface area contributed by atoms with Gasteiger partial charge in [-0.2, -0.15) is 0 Å². The third kappa shape index (κ3) is 4.46. The number of nitrogens with zero attached hydrogens (tertiary/aromatic N) is 2. The fraction of sp³-hybridized carbons (Fsp3) is 0.571. The molecule has 1 heterocycles. The van der Waals surface area contributed by atoms with Gasteiger partial charge in [0, 0.05) is 23.3 Å². The minimum Gasteiger partial charge on any atom is -0.336 e. The van der Waals surface area contributed by atoms with E-state index in [9.17, 15) is 4.79 Å². The van der Waals surface area contributed by atoms with Gasteiger partial charge in [-0.25, -0.2) is 4.98 Å². The predicted molar refractivity (Wildman–Crippen MR) is 82.6 cm³/mol. The van der Waals surface area contributed by atoms with E-state index in [1.165, 1.54) is 0 Å². The van der Waals surface area contributed by atoms with Crippen LogP contribution in [0.25, 0.3) is 0 Å². The third-order valence-corrected chi connectivity index (χ3v) is 3.91. The molecular weight excluding hydrogens is 328 g/mol. The van der Waals surface area contributed by atoms with Crippen molar-refractivity contribution in [2.24, 2.45) is 0 Å². The smallest absolute Gasteiger partial charge is 0.257 e. The lowest BCUT2D eigenvalue weighted by molar-refractivity contribution is 0.0685. The average molecular weight is 348 g/mol. The maximum atomic E-state index is 12.6. The highest BCUT2D eigenvalue weighted by atomic mass is 79.9. The quantitative estimate of drug-likeness (QED) is 0.708. The van der Waals surface area contributed by atoms with Gasteiger partial charge in [-0.05, 0) is 41.8 Å². The number of pyridine rings is 1.